The fourth-order valence-electron chi connectivity index (χ4n) is 1.20. The predicted octanol–water partition coefficient (Wildman–Crippen LogP) is 3.35. The van der Waals surface area contributed by atoms with Crippen molar-refractivity contribution in [2.24, 2.45) is 0 Å². The first-order valence-electron chi connectivity index (χ1n) is 4.52. The van der Waals surface area contributed by atoms with Crippen LogP contribution in [0.15, 0.2) is 6.07 Å². The zero-order chi connectivity index (χ0) is 14.8. The number of alkyl halides is 6. The van der Waals surface area contributed by atoms with Crippen LogP contribution in [0.2, 0.25) is 0 Å². The van der Waals surface area contributed by atoms with Crippen molar-refractivity contribution in [3.63, 3.8) is 0 Å². The van der Waals surface area contributed by atoms with Crippen LogP contribution < -0.4 is 4.74 Å². The summed E-state index contributed by atoms with van der Waals surface area (Å²) in [6.45, 7) is 0. The van der Waals surface area contributed by atoms with Crippen LogP contribution in [-0.4, -0.2) is 22.4 Å². The SMILES string of the molecule is O=C(O)c1cc(C(F)F)c(CCl)c(OC(F)(F)F)n1. The predicted molar refractivity (Wildman–Crippen MR) is 52.4 cm³/mol. The van der Waals surface area contributed by atoms with E-state index in [0.717, 1.165) is 0 Å². The Balaban J connectivity index is 3.44. The van der Waals surface area contributed by atoms with E-state index in [0.29, 0.717) is 6.07 Å². The van der Waals surface area contributed by atoms with E-state index in [1.54, 1.807) is 0 Å². The molecule has 0 aliphatic heterocycles. The van der Waals surface area contributed by atoms with E-state index in [2.05, 4.69) is 9.72 Å². The molecule has 1 N–H and O–H groups in total. The van der Waals surface area contributed by atoms with Gasteiger partial charge in [-0.15, -0.1) is 24.8 Å². The van der Waals surface area contributed by atoms with Crippen molar-refractivity contribution in [2.45, 2.75) is 18.7 Å². The van der Waals surface area contributed by atoms with Crippen LogP contribution in [0.1, 0.15) is 28.0 Å². The fraction of sp³-hybridized carbons (Fsp3) is 0.333. The number of hydrogen-bond acceptors (Lipinski definition) is 3. The van der Waals surface area contributed by atoms with Crippen molar-refractivity contribution < 1.29 is 36.6 Å². The van der Waals surface area contributed by atoms with Crippen LogP contribution in [-0.2, 0) is 5.88 Å². The number of aromatic nitrogens is 1. The Morgan fingerprint density at radius 2 is 2.05 bits per heavy atom. The molecule has 1 heterocycles. The molecule has 0 bridgehead atoms. The van der Waals surface area contributed by atoms with Gasteiger partial charge in [0.15, 0.2) is 5.69 Å². The zero-order valence-electron chi connectivity index (χ0n) is 8.84. The van der Waals surface area contributed by atoms with Gasteiger partial charge in [0.25, 0.3) is 6.43 Å². The molecule has 0 aliphatic carbocycles. The normalized spacial score (nSPS) is 11.7. The van der Waals surface area contributed by atoms with Crippen molar-refractivity contribution in [3.05, 3.63) is 22.9 Å². The summed E-state index contributed by atoms with van der Waals surface area (Å²) >= 11 is 5.27. The highest BCUT2D eigenvalue weighted by molar-refractivity contribution is 6.17. The van der Waals surface area contributed by atoms with E-state index in [-0.39, 0.29) is 0 Å². The number of aromatic carboxylic acids is 1. The summed E-state index contributed by atoms with van der Waals surface area (Å²) in [4.78, 5) is 13.6. The van der Waals surface area contributed by atoms with Crippen molar-refractivity contribution in [1.82, 2.24) is 4.98 Å². The third-order valence-corrected chi connectivity index (χ3v) is 2.19. The fourth-order valence-corrected chi connectivity index (χ4v) is 1.47. The van der Waals surface area contributed by atoms with Gasteiger partial charge in [-0.05, 0) is 6.07 Å². The van der Waals surface area contributed by atoms with Crippen LogP contribution >= 0.6 is 11.6 Å². The van der Waals surface area contributed by atoms with Crippen LogP contribution in [0.5, 0.6) is 5.88 Å². The summed E-state index contributed by atoms with van der Waals surface area (Å²) in [5.41, 5.74) is -2.68. The zero-order valence-corrected chi connectivity index (χ0v) is 9.60. The van der Waals surface area contributed by atoms with Gasteiger partial charge in [0, 0.05) is 11.1 Å². The summed E-state index contributed by atoms with van der Waals surface area (Å²) in [5, 5.41) is 8.60. The van der Waals surface area contributed by atoms with Gasteiger partial charge in [-0.25, -0.2) is 18.6 Å². The molecule has 0 saturated heterocycles. The van der Waals surface area contributed by atoms with E-state index in [1.165, 1.54) is 0 Å². The average molecular weight is 306 g/mol. The molecule has 0 aliphatic rings. The molecule has 0 radical (unpaired) electrons. The molecule has 0 aromatic carbocycles. The number of halogens is 6. The minimum atomic E-state index is -5.20. The molecular weight excluding hydrogens is 301 g/mol. The van der Waals surface area contributed by atoms with E-state index >= 15 is 0 Å². The van der Waals surface area contributed by atoms with Crippen molar-refractivity contribution in [2.75, 3.05) is 0 Å². The van der Waals surface area contributed by atoms with E-state index in [9.17, 15) is 26.7 Å². The molecule has 1 aromatic heterocycles. The number of carboxylic acids is 1. The molecule has 1 rings (SSSR count). The quantitative estimate of drug-likeness (QED) is 0.684. The van der Waals surface area contributed by atoms with Crippen LogP contribution in [0, 0.1) is 0 Å². The highest BCUT2D eigenvalue weighted by Gasteiger charge is 2.34. The smallest absolute Gasteiger partial charge is 0.477 e. The van der Waals surface area contributed by atoms with Crippen LogP contribution in [0.4, 0.5) is 22.0 Å². The Morgan fingerprint density at radius 1 is 1.47 bits per heavy atom. The molecule has 0 amide bonds. The lowest BCUT2D eigenvalue weighted by Crippen LogP contribution is -2.20. The van der Waals surface area contributed by atoms with Gasteiger partial charge in [0.05, 0.1) is 5.88 Å². The maximum atomic E-state index is 12.7. The Bertz CT molecular complexity index is 491. The summed E-state index contributed by atoms with van der Waals surface area (Å²) < 4.78 is 65.0. The largest absolute Gasteiger partial charge is 0.574 e. The van der Waals surface area contributed by atoms with Gasteiger partial charge in [-0.1, -0.05) is 0 Å². The van der Waals surface area contributed by atoms with Gasteiger partial charge < -0.3 is 9.84 Å². The lowest BCUT2D eigenvalue weighted by Gasteiger charge is -2.14. The molecule has 0 atom stereocenters. The number of rotatable bonds is 4. The van der Waals surface area contributed by atoms with Crippen LogP contribution in [0.3, 0.4) is 0 Å². The molecule has 4 nitrogen and oxygen atoms in total. The lowest BCUT2D eigenvalue weighted by molar-refractivity contribution is -0.276. The number of nitrogens with zero attached hydrogens (tertiary/aromatic N) is 1. The molecule has 10 heteroatoms. The van der Waals surface area contributed by atoms with Crippen molar-refractivity contribution >= 4 is 17.6 Å². The van der Waals surface area contributed by atoms with E-state index < -0.39 is 47.3 Å². The molecule has 0 saturated carbocycles. The minimum absolute atomic E-state index is 0.452. The highest BCUT2D eigenvalue weighted by atomic mass is 35.5. The van der Waals surface area contributed by atoms with Gasteiger partial charge in [-0.3, -0.25) is 0 Å². The molecule has 19 heavy (non-hydrogen) atoms. The number of carbonyl (C=O) groups is 1. The molecule has 0 spiro atoms. The molecule has 0 fully saturated rings. The maximum Gasteiger partial charge on any atom is 0.574 e. The van der Waals surface area contributed by atoms with Crippen molar-refractivity contribution in [1.29, 1.82) is 0 Å². The number of hydrogen-bond donors (Lipinski definition) is 1. The first-order valence-corrected chi connectivity index (χ1v) is 5.06. The molecule has 0 unspecified atom stereocenters. The van der Waals surface area contributed by atoms with Gasteiger partial charge >= 0.3 is 12.3 Å². The lowest BCUT2D eigenvalue weighted by atomic mass is 10.1. The van der Waals surface area contributed by atoms with Gasteiger partial charge in [0.2, 0.25) is 5.88 Å². The summed E-state index contributed by atoms with van der Waals surface area (Å²) in [7, 11) is 0. The van der Waals surface area contributed by atoms with Crippen LogP contribution in [0.25, 0.3) is 0 Å². The third-order valence-electron chi connectivity index (χ3n) is 1.92. The first-order chi connectivity index (χ1) is 8.65. The topological polar surface area (TPSA) is 59.4 Å². The molecular formula is C9H5ClF5NO3. The maximum absolute atomic E-state index is 12.7. The van der Waals surface area contributed by atoms with Gasteiger partial charge in [-0.2, -0.15) is 0 Å². The van der Waals surface area contributed by atoms with Gasteiger partial charge in [0.1, 0.15) is 0 Å². The summed E-state index contributed by atoms with van der Waals surface area (Å²) in [5.74, 6) is -3.80. The Kier molecular flexibility index (Phi) is 4.51. The number of carboxylic acid groups (broad SMARTS) is 1. The second kappa shape index (κ2) is 5.55. The summed E-state index contributed by atoms with van der Waals surface area (Å²) in [6, 6.07) is 0.452. The summed E-state index contributed by atoms with van der Waals surface area (Å²) in [6.07, 6.45) is -8.42. The highest BCUT2D eigenvalue weighted by Crippen LogP contribution is 2.33. The average Bonchev–Trinajstić information content (AvgIpc) is 2.25. The van der Waals surface area contributed by atoms with E-state index in [1.807, 2.05) is 0 Å². The monoisotopic (exact) mass is 305 g/mol. The number of ether oxygens (including phenoxy) is 1. The second-order valence-electron chi connectivity index (χ2n) is 3.17. The minimum Gasteiger partial charge on any atom is -0.477 e. The first kappa shape index (κ1) is 15.4. The second-order valence-corrected chi connectivity index (χ2v) is 3.43. The van der Waals surface area contributed by atoms with Crippen molar-refractivity contribution in [3.8, 4) is 5.88 Å². The Labute approximate surface area is 107 Å². The standard InChI is InChI=1S/C9H5ClF5NO3/c10-2-4-3(6(11)12)1-5(8(17)18)16-7(4)19-9(13,14)15/h1,6H,2H2,(H,17,18). The molecule has 106 valence electrons. The Hall–Kier alpha value is -1.64. The number of pyridine rings is 1. The Morgan fingerprint density at radius 3 is 2.42 bits per heavy atom. The molecule has 1 aromatic rings. The van der Waals surface area contributed by atoms with E-state index in [4.69, 9.17) is 16.7 Å². The third kappa shape index (κ3) is 3.91.